The van der Waals surface area contributed by atoms with Gasteiger partial charge in [-0.25, -0.2) is 0 Å². The second-order valence-electron chi connectivity index (χ2n) is 6.48. The van der Waals surface area contributed by atoms with Crippen LogP contribution in [0.2, 0.25) is 0 Å². The standard InChI is InChI=1S/C20H22O4/c1-13-11-14(2)24-20(22)18(9-10-19(21)23-13)17-8-7-15-5-3-4-6-16(15)12-17/h3-8,12-14,18H,9-11H2,1-2H3/t13-,14+,18-/m1/s1. The SMILES string of the molecule is C[C@@H]1C[C@H](C)OC(=O)[C@@H](c2ccc3ccccc3c2)CCC(=O)O1. The van der Waals surface area contributed by atoms with E-state index in [9.17, 15) is 9.59 Å². The van der Waals surface area contributed by atoms with Gasteiger partial charge in [-0.2, -0.15) is 0 Å². The van der Waals surface area contributed by atoms with E-state index in [0.717, 1.165) is 16.3 Å². The van der Waals surface area contributed by atoms with Crippen LogP contribution >= 0.6 is 0 Å². The summed E-state index contributed by atoms with van der Waals surface area (Å²) >= 11 is 0. The van der Waals surface area contributed by atoms with Crippen molar-refractivity contribution >= 4 is 22.7 Å². The lowest BCUT2D eigenvalue weighted by atomic mass is 9.92. The molecule has 0 unspecified atom stereocenters. The third kappa shape index (κ3) is 3.75. The second kappa shape index (κ2) is 7.04. The summed E-state index contributed by atoms with van der Waals surface area (Å²) in [7, 11) is 0. The van der Waals surface area contributed by atoms with E-state index in [-0.39, 0.29) is 30.6 Å². The van der Waals surface area contributed by atoms with Gasteiger partial charge in [-0.15, -0.1) is 0 Å². The molecule has 2 aromatic rings. The predicted molar refractivity (Wildman–Crippen MR) is 91.6 cm³/mol. The fourth-order valence-corrected chi connectivity index (χ4v) is 3.23. The van der Waals surface area contributed by atoms with Gasteiger partial charge in [0, 0.05) is 12.8 Å². The van der Waals surface area contributed by atoms with Gasteiger partial charge in [0.2, 0.25) is 0 Å². The van der Waals surface area contributed by atoms with Crippen molar-refractivity contribution in [3.05, 3.63) is 48.0 Å². The lowest BCUT2D eigenvalue weighted by Crippen LogP contribution is -2.28. The van der Waals surface area contributed by atoms with Gasteiger partial charge in [0.05, 0.1) is 5.92 Å². The normalized spacial score (nSPS) is 25.8. The third-order valence-electron chi connectivity index (χ3n) is 4.41. The molecule has 2 aromatic carbocycles. The quantitative estimate of drug-likeness (QED) is 0.744. The van der Waals surface area contributed by atoms with Gasteiger partial charge in [-0.05, 0) is 36.6 Å². The van der Waals surface area contributed by atoms with E-state index in [1.165, 1.54) is 0 Å². The third-order valence-corrected chi connectivity index (χ3v) is 4.41. The van der Waals surface area contributed by atoms with Crippen molar-refractivity contribution in [2.75, 3.05) is 0 Å². The van der Waals surface area contributed by atoms with Crippen LogP contribution in [-0.2, 0) is 19.1 Å². The van der Waals surface area contributed by atoms with E-state index in [1.807, 2.05) is 56.3 Å². The Morgan fingerprint density at radius 3 is 2.42 bits per heavy atom. The lowest BCUT2D eigenvalue weighted by molar-refractivity contribution is -0.158. The molecule has 1 aliphatic heterocycles. The Kier molecular flexibility index (Phi) is 4.84. The Labute approximate surface area is 141 Å². The Bertz CT molecular complexity index is 752. The van der Waals surface area contributed by atoms with Gasteiger partial charge in [0.1, 0.15) is 12.2 Å². The van der Waals surface area contributed by atoms with E-state index >= 15 is 0 Å². The van der Waals surface area contributed by atoms with Crippen LogP contribution in [-0.4, -0.2) is 24.1 Å². The van der Waals surface area contributed by atoms with Crippen LogP contribution in [0.5, 0.6) is 0 Å². The molecule has 0 N–H and O–H groups in total. The van der Waals surface area contributed by atoms with Gasteiger partial charge >= 0.3 is 11.9 Å². The maximum Gasteiger partial charge on any atom is 0.313 e. The molecule has 0 aliphatic carbocycles. The van der Waals surface area contributed by atoms with Crippen LogP contribution < -0.4 is 0 Å². The van der Waals surface area contributed by atoms with Crippen LogP contribution in [0.25, 0.3) is 10.8 Å². The fraction of sp³-hybridized carbons (Fsp3) is 0.400. The maximum absolute atomic E-state index is 12.6. The molecular weight excluding hydrogens is 304 g/mol. The zero-order valence-electron chi connectivity index (χ0n) is 14.0. The van der Waals surface area contributed by atoms with Crippen LogP contribution in [0.15, 0.2) is 42.5 Å². The topological polar surface area (TPSA) is 52.6 Å². The summed E-state index contributed by atoms with van der Waals surface area (Å²) in [4.78, 5) is 24.6. The van der Waals surface area contributed by atoms with Crippen LogP contribution in [0.3, 0.4) is 0 Å². The highest BCUT2D eigenvalue weighted by Crippen LogP contribution is 2.28. The first kappa shape index (κ1) is 16.5. The Hall–Kier alpha value is -2.36. The molecule has 3 atom stereocenters. The molecule has 24 heavy (non-hydrogen) atoms. The summed E-state index contributed by atoms with van der Waals surface area (Å²) in [5, 5.41) is 2.19. The van der Waals surface area contributed by atoms with E-state index < -0.39 is 5.92 Å². The van der Waals surface area contributed by atoms with Crippen LogP contribution in [0, 0.1) is 0 Å². The van der Waals surface area contributed by atoms with Crippen molar-refractivity contribution in [2.24, 2.45) is 0 Å². The first-order valence-electron chi connectivity index (χ1n) is 8.41. The first-order chi connectivity index (χ1) is 11.5. The number of fused-ring (bicyclic) bond motifs is 1. The van der Waals surface area contributed by atoms with Crippen molar-refractivity contribution in [1.82, 2.24) is 0 Å². The molecule has 0 spiro atoms. The fourth-order valence-electron chi connectivity index (χ4n) is 3.23. The number of esters is 2. The molecule has 0 aromatic heterocycles. The van der Waals surface area contributed by atoms with Gasteiger partial charge in [-0.1, -0.05) is 42.5 Å². The molecule has 1 saturated heterocycles. The molecule has 0 bridgehead atoms. The molecule has 3 rings (SSSR count). The molecule has 126 valence electrons. The van der Waals surface area contributed by atoms with Gasteiger partial charge in [-0.3, -0.25) is 9.59 Å². The number of carbonyl (C=O) groups is 2. The van der Waals surface area contributed by atoms with Crippen LogP contribution in [0.1, 0.15) is 44.6 Å². The Morgan fingerprint density at radius 1 is 0.917 bits per heavy atom. The average Bonchev–Trinajstić information content (AvgIpc) is 2.53. The summed E-state index contributed by atoms with van der Waals surface area (Å²) in [6.45, 7) is 3.66. The molecule has 0 radical (unpaired) electrons. The van der Waals surface area contributed by atoms with E-state index in [1.54, 1.807) is 0 Å². The van der Waals surface area contributed by atoms with Crippen LogP contribution in [0.4, 0.5) is 0 Å². The van der Waals surface area contributed by atoms with Gasteiger partial charge in [0.25, 0.3) is 0 Å². The summed E-state index contributed by atoms with van der Waals surface area (Å²) in [6, 6.07) is 14.0. The number of hydrogen-bond acceptors (Lipinski definition) is 4. The molecule has 1 heterocycles. The Morgan fingerprint density at radius 2 is 1.62 bits per heavy atom. The molecule has 4 nitrogen and oxygen atoms in total. The van der Waals surface area contributed by atoms with Crippen molar-refractivity contribution in [3.63, 3.8) is 0 Å². The molecule has 1 aliphatic rings. The number of benzene rings is 2. The van der Waals surface area contributed by atoms with Crippen molar-refractivity contribution in [2.45, 2.75) is 51.2 Å². The number of hydrogen-bond donors (Lipinski definition) is 0. The molecule has 4 heteroatoms. The Balaban J connectivity index is 1.90. The van der Waals surface area contributed by atoms with Crippen molar-refractivity contribution in [1.29, 1.82) is 0 Å². The number of carbonyl (C=O) groups excluding carboxylic acids is 2. The van der Waals surface area contributed by atoms with Crippen molar-refractivity contribution < 1.29 is 19.1 Å². The minimum atomic E-state index is -0.446. The largest absolute Gasteiger partial charge is 0.463 e. The lowest BCUT2D eigenvalue weighted by Gasteiger charge is -2.24. The van der Waals surface area contributed by atoms with E-state index in [4.69, 9.17) is 9.47 Å². The zero-order valence-corrected chi connectivity index (χ0v) is 14.0. The minimum Gasteiger partial charge on any atom is -0.463 e. The number of cyclic esters (lactones) is 2. The number of rotatable bonds is 1. The molecular formula is C20H22O4. The van der Waals surface area contributed by atoms with E-state index in [2.05, 4.69) is 0 Å². The van der Waals surface area contributed by atoms with E-state index in [0.29, 0.717) is 12.8 Å². The average molecular weight is 326 g/mol. The summed E-state index contributed by atoms with van der Waals surface area (Å²) in [6.07, 6.45) is 0.613. The highest BCUT2D eigenvalue weighted by Gasteiger charge is 2.28. The minimum absolute atomic E-state index is 0.214. The van der Waals surface area contributed by atoms with Gasteiger partial charge < -0.3 is 9.47 Å². The summed E-state index contributed by atoms with van der Waals surface area (Å²) in [5.41, 5.74) is 0.882. The summed E-state index contributed by atoms with van der Waals surface area (Å²) in [5.74, 6) is -0.965. The van der Waals surface area contributed by atoms with Gasteiger partial charge in [0.15, 0.2) is 0 Å². The van der Waals surface area contributed by atoms with Crippen molar-refractivity contribution in [3.8, 4) is 0 Å². The molecule has 0 saturated carbocycles. The zero-order chi connectivity index (χ0) is 17.1. The summed E-state index contributed by atoms with van der Waals surface area (Å²) < 4.78 is 10.9. The highest BCUT2D eigenvalue weighted by molar-refractivity contribution is 5.86. The smallest absolute Gasteiger partial charge is 0.313 e. The maximum atomic E-state index is 12.6. The monoisotopic (exact) mass is 326 g/mol. The number of ether oxygens (including phenoxy) is 2. The second-order valence-corrected chi connectivity index (χ2v) is 6.48. The molecule has 1 fully saturated rings. The predicted octanol–water partition coefficient (Wildman–Crippen LogP) is 3.97. The molecule has 0 amide bonds. The first-order valence-corrected chi connectivity index (χ1v) is 8.41. The highest BCUT2D eigenvalue weighted by atomic mass is 16.6.